The van der Waals surface area contributed by atoms with Gasteiger partial charge in [0.05, 0.1) is 6.42 Å². The summed E-state index contributed by atoms with van der Waals surface area (Å²) in [5.74, 6) is -0.426. The molecule has 0 atom stereocenters. The van der Waals surface area contributed by atoms with E-state index < -0.39 is 5.60 Å². The summed E-state index contributed by atoms with van der Waals surface area (Å²) >= 11 is 0. The molecular formula is C14H27NO3. The Labute approximate surface area is 110 Å². The average Bonchev–Trinajstić information content (AvgIpc) is 2.10. The first kappa shape index (κ1) is 16.9. The minimum atomic E-state index is -0.491. The Morgan fingerprint density at radius 1 is 1.06 bits per heavy atom. The van der Waals surface area contributed by atoms with E-state index in [0.29, 0.717) is 0 Å². The zero-order chi connectivity index (χ0) is 14.4. The fourth-order valence-corrected chi connectivity index (χ4v) is 1.74. The molecule has 0 bridgehead atoms. The SMILES string of the molecule is CCCC(C)(C)NC(=O)CCC(=O)OC(C)(C)C. The Hall–Kier alpha value is -1.06. The number of hydrogen-bond donors (Lipinski definition) is 1. The van der Waals surface area contributed by atoms with Crippen LogP contribution < -0.4 is 5.32 Å². The van der Waals surface area contributed by atoms with Crippen molar-refractivity contribution in [2.24, 2.45) is 0 Å². The number of amides is 1. The minimum Gasteiger partial charge on any atom is -0.460 e. The molecule has 0 aliphatic heterocycles. The molecule has 0 aliphatic carbocycles. The Balaban J connectivity index is 4.01. The zero-order valence-electron chi connectivity index (χ0n) is 12.6. The molecule has 0 aromatic carbocycles. The number of nitrogens with one attached hydrogen (secondary N) is 1. The molecule has 1 amide bonds. The summed E-state index contributed by atoms with van der Waals surface area (Å²) in [6, 6.07) is 0. The molecule has 0 unspecified atom stereocenters. The van der Waals surface area contributed by atoms with Gasteiger partial charge in [-0.25, -0.2) is 0 Å². The molecule has 4 nitrogen and oxygen atoms in total. The highest BCUT2D eigenvalue weighted by molar-refractivity contribution is 5.81. The molecule has 0 rings (SSSR count). The highest BCUT2D eigenvalue weighted by Crippen LogP contribution is 2.12. The van der Waals surface area contributed by atoms with E-state index in [-0.39, 0.29) is 30.3 Å². The van der Waals surface area contributed by atoms with E-state index in [1.807, 2.05) is 34.6 Å². The van der Waals surface area contributed by atoms with Crippen LogP contribution in [0, 0.1) is 0 Å². The third kappa shape index (κ3) is 9.02. The van der Waals surface area contributed by atoms with Crippen LogP contribution in [0.1, 0.15) is 67.2 Å². The van der Waals surface area contributed by atoms with E-state index in [0.717, 1.165) is 12.8 Å². The van der Waals surface area contributed by atoms with Crippen molar-refractivity contribution in [1.29, 1.82) is 0 Å². The molecule has 18 heavy (non-hydrogen) atoms. The molecule has 0 saturated carbocycles. The quantitative estimate of drug-likeness (QED) is 0.744. The van der Waals surface area contributed by atoms with E-state index in [1.165, 1.54) is 0 Å². The first-order chi connectivity index (χ1) is 8.06. The number of ether oxygens (including phenoxy) is 1. The summed E-state index contributed by atoms with van der Waals surface area (Å²) in [6.07, 6.45) is 2.25. The molecule has 0 aromatic heterocycles. The van der Waals surface area contributed by atoms with Crippen molar-refractivity contribution in [2.45, 2.75) is 78.4 Å². The highest BCUT2D eigenvalue weighted by atomic mass is 16.6. The molecule has 1 N–H and O–H groups in total. The van der Waals surface area contributed by atoms with Crippen LogP contribution >= 0.6 is 0 Å². The van der Waals surface area contributed by atoms with Crippen LogP contribution in [-0.4, -0.2) is 23.0 Å². The first-order valence-corrected chi connectivity index (χ1v) is 6.58. The van der Waals surface area contributed by atoms with E-state index in [9.17, 15) is 9.59 Å². The van der Waals surface area contributed by atoms with Gasteiger partial charge >= 0.3 is 5.97 Å². The van der Waals surface area contributed by atoms with Crippen molar-refractivity contribution in [2.75, 3.05) is 0 Å². The van der Waals surface area contributed by atoms with Gasteiger partial charge in [0.1, 0.15) is 5.60 Å². The first-order valence-electron chi connectivity index (χ1n) is 6.58. The van der Waals surface area contributed by atoms with Gasteiger partial charge in [0, 0.05) is 12.0 Å². The van der Waals surface area contributed by atoms with Crippen LogP contribution in [0.4, 0.5) is 0 Å². The summed E-state index contributed by atoms with van der Waals surface area (Å²) in [5.41, 5.74) is -0.700. The summed E-state index contributed by atoms with van der Waals surface area (Å²) < 4.78 is 5.15. The predicted molar refractivity (Wildman–Crippen MR) is 72.2 cm³/mol. The molecule has 0 fully saturated rings. The third-order valence-corrected chi connectivity index (χ3v) is 2.33. The third-order valence-electron chi connectivity index (χ3n) is 2.33. The van der Waals surface area contributed by atoms with Crippen LogP contribution in [-0.2, 0) is 14.3 Å². The van der Waals surface area contributed by atoms with Crippen LogP contribution in [0.5, 0.6) is 0 Å². The summed E-state index contributed by atoms with van der Waals surface area (Å²) in [5, 5.41) is 2.93. The Bertz CT molecular complexity index is 290. The second-order valence-electron chi connectivity index (χ2n) is 6.27. The number of rotatable bonds is 6. The van der Waals surface area contributed by atoms with Crippen LogP contribution in [0.2, 0.25) is 0 Å². The Morgan fingerprint density at radius 2 is 1.61 bits per heavy atom. The molecule has 0 spiro atoms. The largest absolute Gasteiger partial charge is 0.460 e. The lowest BCUT2D eigenvalue weighted by Crippen LogP contribution is -2.43. The molecule has 4 heteroatoms. The molecule has 0 radical (unpaired) electrons. The van der Waals surface area contributed by atoms with Gasteiger partial charge in [-0.3, -0.25) is 9.59 Å². The van der Waals surface area contributed by atoms with Crippen LogP contribution in [0.25, 0.3) is 0 Å². The van der Waals surface area contributed by atoms with Gasteiger partial charge in [-0.05, 0) is 41.0 Å². The Kier molecular flexibility index (Phi) is 6.36. The summed E-state index contributed by atoms with van der Waals surface area (Å²) in [7, 11) is 0. The normalized spacial score (nSPS) is 12.1. The maximum atomic E-state index is 11.7. The lowest BCUT2D eigenvalue weighted by atomic mass is 9.98. The molecular weight excluding hydrogens is 230 g/mol. The standard InChI is InChI=1S/C14H27NO3/c1-7-10-14(5,6)15-11(16)8-9-12(17)18-13(2,3)4/h7-10H2,1-6H3,(H,15,16). The Morgan fingerprint density at radius 3 is 2.06 bits per heavy atom. The molecule has 0 aliphatic rings. The maximum absolute atomic E-state index is 11.7. The van der Waals surface area contributed by atoms with Crippen molar-refractivity contribution in [3.05, 3.63) is 0 Å². The lowest BCUT2D eigenvalue weighted by Gasteiger charge is -2.26. The van der Waals surface area contributed by atoms with Crippen molar-refractivity contribution in [3.8, 4) is 0 Å². The monoisotopic (exact) mass is 257 g/mol. The van der Waals surface area contributed by atoms with Gasteiger partial charge in [0.25, 0.3) is 0 Å². The maximum Gasteiger partial charge on any atom is 0.306 e. The second-order valence-corrected chi connectivity index (χ2v) is 6.27. The smallest absolute Gasteiger partial charge is 0.306 e. The van der Waals surface area contributed by atoms with E-state index >= 15 is 0 Å². The number of esters is 1. The predicted octanol–water partition coefficient (Wildman–Crippen LogP) is 2.80. The van der Waals surface area contributed by atoms with Gasteiger partial charge in [0.15, 0.2) is 0 Å². The molecule has 0 aromatic rings. The van der Waals surface area contributed by atoms with Gasteiger partial charge in [-0.15, -0.1) is 0 Å². The van der Waals surface area contributed by atoms with Gasteiger partial charge in [-0.1, -0.05) is 13.3 Å². The van der Waals surface area contributed by atoms with E-state index in [1.54, 1.807) is 0 Å². The fourth-order valence-electron chi connectivity index (χ4n) is 1.74. The van der Waals surface area contributed by atoms with E-state index in [2.05, 4.69) is 12.2 Å². The number of carbonyl (C=O) groups is 2. The van der Waals surface area contributed by atoms with Crippen molar-refractivity contribution < 1.29 is 14.3 Å². The van der Waals surface area contributed by atoms with E-state index in [4.69, 9.17) is 4.74 Å². The van der Waals surface area contributed by atoms with Crippen molar-refractivity contribution in [1.82, 2.24) is 5.32 Å². The lowest BCUT2D eigenvalue weighted by molar-refractivity contribution is -0.155. The molecule has 0 heterocycles. The van der Waals surface area contributed by atoms with Gasteiger partial charge in [-0.2, -0.15) is 0 Å². The topological polar surface area (TPSA) is 55.4 Å². The molecule has 0 saturated heterocycles. The number of hydrogen-bond acceptors (Lipinski definition) is 3. The van der Waals surface area contributed by atoms with Gasteiger partial charge < -0.3 is 10.1 Å². The van der Waals surface area contributed by atoms with Crippen molar-refractivity contribution >= 4 is 11.9 Å². The van der Waals surface area contributed by atoms with Crippen LogP contribution in [0.3, 0.4) is 0 Å². The zero-order valence-corrected chi connectivity index (χ0v) is 12.6. The fraction of sp³-hybridized carbons (Fsp3) is 0.857. The highest BCUT2D eigenvalue weighted by Gasteiger charge is 2.21. The molecule has 106 valence electrons. The second kappa shape index (κ2) is 6.76. The van der Waals surface area contributed by atoms with Crippen LogP contribution in [0.15, 0.2) is 0 Å². The summed E-state index contributed by atoms with van der Waals surface area (Å²) in [4.78, 5) is 23.1. The van der Waals surface area contributed by atoms with Crippen molar-refractivity contribution in [3.63, 3.8) is 0 Å². The van der Waals surface area contributed by atoms with Gasteiger partial charge in [0.2, 0.25) is 5.91 Å². The minimum absolute atomic E-state index is 0.0979. The average molecular weight is 257 g/mol. The summed E-state index contributed by atoms with van der Waals surface area (Å²) in [6.45, 7) is 11.5. The number of carbonyl (C=O) groups excluding carboxylic acids is 2.